The van der Waals surface area contributed by atoms with Crippen molar-refractivity contribution in [2.45, 2.75) is 33.6 Å². The second kappa shape index (κ2) is 6.95. The first-order valence-electron chi connectivity index (χ1n) is 9.22. The summed E-state index contributed by atoms with van der Waals surface area (Å²) in [6.45, 7) is 8.45. The largest absolute Gasteiger partial charge is 0.318 e. The van der Waals surface area contributed by atoms with Gasteiger partial charge in [-0.05, 0) is 60.6 Å². The lowest BCUT2D eigenvalue weighted by molar-refractivity contribution is -0.114. The molecule has 6 heteroatoms. The van der Waals surface area contributed by atoms with E-state index in [9.17, 15) is 4.79 Å². The number of thioether (sulfide) groups is 1. The summed E-state index contributed by atoms with van der Waals surface area (Å²) in [6, 6.07) is 10.6. The maximum Gasteiger partial charge on any atom is 0.283 e. The second-order valence-corrected chi connectivity index (χ2v) is 8.16. The van der Waals surface area contributed by atoms with Crippen LogP contribution in [0.2, 0.25) is 0 Å². The highest BCUT2D eigenvalue weighted by Gasteiger charge is 2.31. The molecule has 4 rings (SSSR count). The lowest BCUT2D eigenvalue weighted by Crippen LogP contribution is -2.35. The van der Waals surface area contributed by atoms with Crippen LogP contribution in [0, 0.1) is 19.3 Å². The van der Waals surface area contributed by atoms with Crippen LogP contribution < -0.4 is 0 Å². The molecule has 2 aliphatic rings. The van der Waals surface area contributed by atoms with Gasteiger partial charge in [0.05, 0.1) is 5.57 Å². The number of carbonyl (C=O) groups is 1. The molecule has 28 heavy (non-hydrogen) atoms. The number of rotatable bonds is 3. The van der Waals surface area contributed by atoms with Gasteiger partial charge in [-0.2, -0.15) is 4.99 Å². The molecule has 0 unspecified atom stereocenters. The van der Waals surface area contributed by atoms with Gasteiger partial charge in [0.1, 0.15) is 5.84 Å². The van der Waals surface area contributed by atoms with Crippen molar-refractivity contribution in [2.75, 3.05) is 0 Å². The predicted molar refractivity (Wildman–Crippen MR) is 116 cm³/mol. The number of carbonyl (C=O) groups excluding carboxylic acids is 1. The van der Waals surface area contributed by atoms with E-state index in [0.717, 1.165) is 22.6 Å². The number of amides is 1. The van der Waals surface area contributed by atoms with Gasteiger partial charge in [-0.15, -0.1) is 0 Å². The summed E-state index contributed by atoms with van der Waals surface area (Å²) >= 11 is 1.35. The van der Waals surface area contributed by atoms with Crippen molar-refractivity contribution < 1.29 is 4.79 Å². The van der Waals surface area contributed by atoms with Crippen molar-refractivity contribution >= 4 is 34.7 Å². The van der Waals surface area contributed by atoms with Crippen molar-refractivity contribution in [3.63, 3.8) is 0 Å². The molecule has 0 saturated heterocycles. The van der Waals surface area contributed by atoms with E-state index in [-0.39, 0.29) is 11.7 Å². The van der Waals surface area contributed by atoms with Gasteiger partial charge in [0.15, 0.2) is 5.17 Å². The zero-order valence-electron chi connectivity index (χ0n) is 16.4. The van der Waals surface area contributed by atoms with Crippen LogP contribution in [0.1, 0.15) is 42.3 Å². The monoisotopic (exact) mass is 390 g/mol. The second-order valence-electron chi connectivity index (χ2n) is 7.29. The van der Waals surface area contributed by atoms with Crippen LogP contribution in [0.15, 0.2) is 52.5 Å². The van der Waals surface area contributed by atoms with Crippen molar-refractivity contribution in [1.29, 1.82) is 5.41 Å². The van der Waals surface area contributed by atoms with Gasteiger partial charge in [-0.25, -0.2) is 0 Å². The molecule has 1 aromatic carbocycles. The van der Waals surface area contributed by atoms with Crippen LogP contribution in [0.25, 0.3) is 11.8 Å². The number of nitrogens with zero attached hydrogens (tertiary/aromatic N) is 3. The molecule has 1 amide bonds. The molecule has 0 spiro atoms. The molecule has 0 bridgehead atoms. The lowest BCUT2D eigenvalue weighted by Gasteiger charge is -2.22. The third-order valence-corrected chi connectivity index (χ3v) is 5.86. The standard InChI is InChI=1S/C22H22N4OS/c1-13(2)16-5-7-18(8-6-16)26-14(3)11-17(15(26)4)12-19-20(23)25-9-10-28-22(25)24-21(19)27/h5-13,23H,1-4H3. The fraction of sp³-hybridized carbons (Fsp3) is 0.227. The van der Waals surface area contributed by atoms with Crippen LogP contribution >= 0.6 is 11.8 Å². The number of aromatic nitrogens is 1. The zero-order valence-corrected chi connectivity index (χ0v) is 17.2. The fourth-order valence-electron chi connectivity index (χ4n) is 3.53. The zero-order chi connectivity index (χ0) is 20.0. The third-order valence-electron chi connectivity index (χ3n) is 5.10. The average Bonchev–Trinajstić information content (AvgIpc) is 3.23. The molecule has 0 fully saturated rings. The van der Waals surface area contributed by atoms with E-state index >= 15 is 0 Å². The Morgan fingerprint density at radius 1 is 1.18 bits per heavy atom. The maximum absolute atomic E-state index is 12.5. The van der Waals surface area contributed by atoms with E-state index in [4.69, 9.17) is 5.41 Å². The Morgan fingerprint density at radius 3 is 2.57 bits per heavy atom. The average molecular weight is 391 g/mol. The van der Waals surface area contributed by atoms with Crippen molar-refractivity contribution in [1.82, 2.24) is 9.47 Å². The van der Waals surface area contributed by atoms with Crippen LogP contribution in [0.4, 0.5) is 0 Å². The number of nitrogens with one attached hydrogen (secondary N) is 1. The highest BCUT2D eigenvalue weighted by Crippen LogP contribution is 2.29. The fourth-order valence-corrected chi connectivity index (χ4v) is 4.23. The Balaban J connectivity index is 1.74. The van der Waals surface area contributed by atoms with E-state index in [1.165, 1.54) is 17.3 Å². The number of aliphatic imine (C=N–C) groups is 1. The lowest BCUT2D eigenvalue weighted by atomic mass is 10.0. The van der Waals surface area contributed by atoms with Crippen molar-refractivity contribution in [3.8, 4) is 5.69 Å². The Morgan fingerprint density at radius 2 is 1.89 bits per heavy atom. The molecule has 2 aliphatic heterocycles. The van der Waals surface area contributed by atoms with Gasteiger partial charge in [0.25, 0.3) is 5.91 Å². The van der Waals surface area contributed by atoms with Gasteiger partial charge in [-0.1, -0.05) is 37.7 Å². The molecular weight excluding hydrogens is 368 g/mol. The van der Waals surface area contributed by atoms with E-state index in [1.807, 2.05) is 18.4 Å². The van der Waals surface area contributed by atoms with E-state index in [1.54, 1.807) is 17.2 Å². The summed E-state index contributed by atoms with van der Waals surface area (Å²) in [7, 11) is 0. The van der Waals surface area contributed by atoms with Gasteiger partial charge in [0, 0.05) is 23.3 Å². The molecule has 5 nitrogen and oxygen atoms in total. The quantitative estimate of drug-likeness (QED) is 0.751. The summed E-state index contributed by atoms with van der Waals surface area (Å²) in [5.74, 6) is 0.300. The SMILES string of the molecule is Cc1cc(C=C2C(=N)N3C=CSC3=NC2=O)c(C)n1-c1ccc(C(C)C)cc1. The van der Waals surface area contributed by atoms with E-state index in [0.29, 0.717) is 16.7 Å². The minimum Gasteiger partial charge on any atom is -0.318 e. The summed E-state index contributed by atoms with van der Waals surface area (Å²) in [4.78, 5) is 18.2. The first-order chi connectivity index (χ1) is 13.4. The van der Waals surface area contributed by atoms with E-state index in [2.05, 4.69) is 54.6 Å². The number of fused-ring (bicyclic) bond motifs is 1. The Hall–Kier alpha value is -2.86. The number of benzene rings is 1. The van der Waals surface area contributed by atoms with E-state index < -0.39 is 0 Å². The summed E-state index contributed by atoms with van der Waals surface area (Å²) in [5, 5.41) is 10.8. The van der Waals surface area contributed by atoms with Crippen molar-refractivity contribution in [2.24, 2.45) is 4.99 Å². The van der Waals surface area contributed by atoms with Crippen LogP contribution in [-0.2, 0) is 4.79 Å². The van der Waals surface area contributed by atoms with Crippen molar-refractivity contribution in [3.05, 3.63) is 70.0 Å². The molecule has 1 N–H and O–H groups in total. The highest BCUT2D eigenvalue weighted by molar-refractivity contribution is 8.16. The minimum atomic E-state index is -0.362. The maximum atomic E-state index is 12.5. The smallest absolute Gasteiger partial charge is 0.283 e. The first-order valence-corrected chi connectivity index (χ1v) is 10.1. The molecule has 0 saturated carbocycles. The molecule has 1 aromatic heterocycles. The summed E-state index contributed by atoms with van der Waals surface area (Å²) in [5.41, 5.74) is 5.74. The molecule has 142 valence electrons. The molecular formula is C22H22N4OS. The minimum absolute atomic E-state index is 0.169. The van der Waals surface area contributed by atoms with Gasteiger partial charge >= 0.3 is 0 Å². The van der Waals surface area contributed by atoms with Crippen LogP contribution in [0.5, 0.6) is 0 Å². The topological polar surface area (TPSA) is 61.5 Å². The Kier molecular flexibility index (Phi) is 4.59. The molecule has 0 radical (unpaired) electrons. The molecule has 0 aliphatic carbocycles. The Bertz CT molecular complexity index is 1070. The Labute approximate surface area is 169 Å². The van der Waals surface area contributed by atoms with Crippen LogP contribution in [-0.4, -0.2) is 26.4 Å². The summed E-state index contributed by atoms with van der Waals surface area (Å²) in [6.07, 6.45) is 3.55. The molecule has 2 aromatic rings. The van der Waals surface area contributed by atoms with Gasteiger partial charge in [0.2, 0.25) is 0 Å². The highest BCUT2D eigenvalue weighted by atomic mass is 32.2. The van der Waals surface area contributed by atoms with Crippen LogP contribution in [0.3, 0.4) is 0 Å². The van der Waals surface area contributed by atoms with Gasteiger partial charge < -0.3 is 4.57 Å². The first kappa shape index (κ1) is 18.5. The number of hydrogen-bond acceptors (Lipinski definition) is 3. The van der Waals surface area contributed by atoms with Gasteiger partial charge in [-0.3, -0.25) is 15.1 Å². The predicted octanol–water partition coefficient (Wildman–Crippen LogP) is 4.99. The number of hydrogen-bond donors (Lipinski definition) is 1. The molecule has 0 atom stereocenters. The third kappa shape index (κ3) is 3.03. The molecule has 3 heterocycles. The summed E-state index contributed by atoms with van der Waals surface area (Å²) < 4.78 is 2.17. The number of aryl methyl sites for hydroxylation is 1. The number of amidine groups is 2. The normalized spacial score (nSPS) is 17.7.